The minimum Gasteiger partial charge on any atom is -0.350 e. The lowest BCUT2D eigenvalue weighted by Gasteiger charge is -2.23. The fraction of sp³-hybridized carbons (Fsp3) is 0.391. The summed E-state index contributed by atoms with van der Waals surface area (Å²) in [6, 6.07) is 14.1. The predicted molar refractivity (Wildman–Crippen MR) is 119 cm³/mol. The van der Waals surface area contributed by atoms with Crippen LogP contribution in [0.4, 0.5) is 5.69 Å². The van der Waals surface area contributed by atoms with Crippen LogP contribution in [0, 0.1) is 6.92 Å². The van der Waals surface area contributed by atoms with Crippen LogP contribution in [0.15, 0.2) is 52.3 Å². The summed E-state index contributed by atoms with van der Waals surface area (Å²) in [4.78, 5) is 28.8. The fourth-order valence-corrected chi connectivity index (χ4v) is 4.52. The number of anilines is 1. The minimum atomic E-state index is -0.155. The molecule has 3 rings (SSSR count). The van der Waals surface area contributed by atoms with E-state index in [-0.39, 0.29) is 11.8 Å². The number of aryl methyl sites for hydroxylation is 1. The van der Waals surface area contributed by atoms with Gasteiger partial charge in [0.15, 0.2) is 0 Å². The van der Waals surface area contributed by atoms with Crippen molar-refractivity contribution in [2.75, 3.05) is 25.0 Å². The van der Waals surface area contributed by atoms with Crippen molar-refractivity contribution in [1.82, 2.24) is 10.2 Å². The Morgan fingerprint density at radius 3 is 2.62 bits per heavy atom. The van der Waals surface area contributed by atoms with Crippen LogP contribution in [-0.4, -0.2) is 42.4 Å². The van der Waals surface area contributed by atoms with E-state index in [0.717, 1.165) is 29.3 Å². The minimum absolute atomic E-state index is 0.105. The highest BCUT2D eigenvalue weighted by molar-refractivity contribution is 7.99. The number of carbonyl (C=O) groups excluding carboxylic acids is 2. The SMILES string of the molecule is CCN1CCCC1CNC(=O)c1ccc(Sc2ccc(C)cc2)c(NC(C)=O)c1. The molecular weight excluding hydrogens is 382 g/mol. The lowest BCUT2D eigenvalue weighted by Crippen LogP contribution is -2.40. The second-order valence-corrected chi connectivity index (χ2v) is 8.56. The molecule has 5 nitrogen and oxygen atoms in total. The lowest BCUT2D eigenvalue weighted by molar-refractivity contribution is -0.114. The molecule has 2 amide bonds. The Bertz CT molecular complexity index is 867. The number of hydrogen-bond donors (Lipinski definition) is 2. The van der Waals surface area contributed by atoms with Gasteiger partial charge >= 0.3 is 0 Å². The number of nitrogens with one attached hydrogen (secondary N) is 2. The number of carbonyl (C=O) groups is 2. The number of likely N-dealkylation sites (tertiary alicyclic amines) is 1. The van der Waals surface area contributed by atoms with Gasteiger partial charge in [-0.05, 0) is 63.2 Å². The molecule has 0 radical (unpaired) electrons. The standard InChI is InChI=1S/C23H29N3O2S/c1-4-26-13-5-6-19(26)15-24-23(28)18-9-12-22(21(14-18)25-17(3)27)29-20-10-7-16(2)8-11-20/h7-12,14,19H,4-6,13,15H2,1-3H3,(H,24,28)(H,25,27). The molecular formula is C23H29N3O2S. The third-order valence-corrected chi connectivity index (χ3v) is 6.29. The quantitative estimate of drug-likeness (QED) is 0.712. The van der Waals surface area contributed by atoms with Crippen LogP contribution >= 0.6 is 11.8 Å². The van der Waals surface area contributed by atoms with Crippen molar-refractivity contribution in [2.45, 2.75) is 49.4 Å². The smallest absolute Gasteiger partial charge is 0.251 e. The molecule has 0 spiro atoms. The van der Waals surface area contributed by atoms with Crippen LogP contribution in [-0.2, 0) is 4.79 Å². The van der Waals surface area contributed by atoms with Gasteiger partial charge in [0.2, 0.25) is 5.91 Å². The van der Waals surface area contributed by atoms with Gasteiger partial charge in [-0.2, -0.15) is 0 Å². The van der Waals surface area contributed by atoms with E-state index >= 15 is 0 Å². The zero-order valence-corrected chi connectivity index (χ0v) is 18.1. The molecule has 1 atom stereocenters. The molecule has 2 N–H and O–H groups in total. The Hall–Kier alpha value is -2.31. The number of nitrogens with zero attached hydrogens (tertiary/aromatic N) is 1. The van der Waals surface area contributed by atoms with Gasteiger partial charge < -0.3 is 10.6 Å². The van der Waals surface area contributed by atoms with Crippen molar-refractivity contribution >= 4 is 29.3 Å². The summed E-state index contributed by atoms with van der Waals surface area (Å²) in [5, 5.41) is 5.93. The van der Waals surface area contributed by atoms with Gasteiger partial charge in [-0.15, -0.1) is 0 Å². The van der Waals surface area contributed by atoms with Crippen LogP contribution in [0.25, 0.3) is 0 Å². The Morgan fingerprint density at radius 1 is 1.17 bits per heavy atom. The maximum absolute atomic E-state index is 12.7. The summed E-state index contributed by atoms with van der Waals surface area (Å²) in [5.41, 5.74) is 2.42. The van der Waals surface area contributed by atoms with Gasteiger partial charge in [-0.1, -0.05) is 36.4 Å². The molecule has 1 unspecified atom stereocenters. The zero-order chi connectivity index (χ0) is 20.8. The maximum Gasteiger partial charge on any atom is 0.251 e. The third kappa shape index (κ3) is 5.84. The highest BCUT2D eigenvalue weighted by Gasteiger charge is 2.23. The van der Waals surface area contributed by atoms with E-state index in [9.17, 15) is 9.59 Å². The lowest BCUT2D eigenvalue weighted by atomic mass is 10.1. The van der Waals surface area contributed by atoms with Crippen LogP contribution in [0.2, 0.25) is 0 Å². The van der Waals surface area contributed by atoms with Crippen molar-refractivity contribution in [3.63, 3.8) is 0 Å². The first kappa shape index (κ1) is 21.4. The molecule has 2 aromatic rings. The Kier molecular flexibility index (Phi) is 7.34. The molecule has 0 aromatic heterocycles. The summed E-state index contributed by atoms with van der Waals surface area (Å²) >= 11 is 1.57. The number of hydrogen-bond acceptors (Lipinski definition) is 4. The molecule has 1 fully saturated rings. The van der Waals surface area contributed by atoms with E-state index < -0.39 is 0 Å². The molecule has 2 aromatic carbocycles. The highest BCUT2D eigenvalue weighted by atomic mass is 32.2. The van der Waals surface area contributed by atoms with E-state index in [1.165, 1.54) is 18.9 Å². The topological polar surface area (TPSA) is 61.4 Å². The summed E-state index contributed by atoms with van der Waals surface area (Å²) in [7, 11) is 0. The number of rotatable bonds is 7. The average Bonchev–Trinajstić information content (AvgIpc) is 3.16. The largest absolute Gasteiger partial charge is 0.350 e. The molecule has 0 aliphatic carbocycles. The van der Waals surface area contributed by atoms with Gasteiger partial charge in [0.1, 0.15) is 0 Å². The number of likely N-dealkylation sites (N-methyl/N-ethyl adjacent to an activating group) is 1. The van der Waals surface area contributed by atoms with Gasteiger partial charge in [-0.3, -0.25) is 14.5 Å². The Labute approximate surface area is 177 Å². The molecule has 1 saturated heterocycles. The van der Waals surface area contributed by atoms with Crippen LogP contribution in [0.3, 0.4) is 0 Å². The second kappa shape index (κ2) is 9.94. The molecule has 154 valence electrons. The van der Waals surface area contributed by atoms with E-state index in [4.69, 9.17) is 0 Å². The Balaban J connectivity index is 1.72. The van der Waals surface area contributed by atoms with E-state index in [0.29, 0.717) is 23.8 Å². The van der Waals surface area contributed by atoms with E-state index in [1.807, 2.05) is 12.1 Å². The first-order valence-electron chi connectivity index (χ1n) is 10.1. The molecule has 1 heterocycles. The number of benzene rings is 2. The summed E-state index contributed by atoms with van der Waals surface area (Å²) in [5.74, 6) is -0.260. The Morgan fingerprint density at radius 2 is 1.93 bits per heavy atom. The first-order valence-corrected chi connectivity index (χ1v) is 11.0. The van der Waals surface area contributed by atoms with Gasteiger partial charge in [0.05, 0.1) is 5.69 Å². The van der Waals surface area contributed by atoms with Crippen LogP contribution < -0.4 is 10.6 Å². The molecule has 1 aliphatic heterocycles. The van der Waals surface area contributed by atoms with E-state index in [2.05, 4.69) is 53.6 Å². The summed E-state index contributed by atoms with van der Waals surface area (Å²) in [6.45, 7) is 8.46. The van der Waals surface area contributed by atoms with E-state index in [1.54, 1.807) is 17.8 Å². The van der Waals surface area contributed by atoms with Crippen molar-refractivity contribution in [2.24, 2.45) is 0 Å². The third-order valence-electron chi connectivity index (χ3n) is 5.20. The van der Waals surface area contributed by atoms with Gasteiger partial charge in [0.25, 0.3) is 5.91 Å². The average molecular weight is 412 g/mol. The van der Waals surface area contributed by atoms with Gasteiger partial charge in [-0.25, -0.2) is 0 Å². The van der Waals surface area contributed by atoms with Crippen molar-refractivity contribution in [3.05, 3.63) is 53.6 Å². The normalized spacial score (nSPS) is 16.6. The highest BCUT2D eigenvalue weighted by Crippen LogP contribution is 2.34. The summed E-state index contributed by atoms with van der Waals surface area (Å²) < 4.78 is 0. The summed E-state index contributed by atoms with van der Waals surface area (Å²) in [6.07, 6.45) is 2.31. The van der Waals surface area contributed by atoms with Crippen molar-refractivity contribution in [3.8, 4) is 0 Å². The van der Waals surface area contributed by atoms with Crippen LogP contribution in [0.5, 0.6) is 0 Å². The fourth-order valence-electron chi connectivity index (χ4n) is 3.64. The maximum atomic E-state index is 12.7. The first-order chi connectivity index (χ1) is 14.0. The molecule has 29 heavy (non-hydrogen) atoms. The van der Waals surface area contributed by atoms with Gasteiger partial charge in [0, 0.05) is 34.9 Å². The zero-order valence-electron chi connectivity index (χ0n) is 17.3. The second-order valence-electron chi connectivity index (χ2n) is 7.44. The molecule has 1 aliphatic rings. The van der Waals surface area contributed by atoms with Crippen LogP contribution in [0.1, 0.15) is 42.6 Å². The monoisotopic (exact) mass is 411 g/mol. The molecule has 0 saturated carbocycles. The molecule has 6 heteroatoms. The predicted octanol–water partition coefficient (Wildman–Crippen LogP) is 4.32. The number of amides is 2. The van der Waals surface area contributed by atoms with Crippen molar-refractivity contribution in [1.29, 1.82) is 0 Å². The van der Waals surface area contributed by atoms with Crippen molar-refractivity contribution < 1.29 is 9.59 Å². The molecule has 0 bridgehead atoms.